The van der Waals surface area contributed by atoms with Crippen LogP contribution in [0, 0.1) is 11.8 Å². The van der Waals surface area contributed by atoms with Crippen LogP contribution in [0.5, 0.6) is 0 Å². The van der Waals surface area contributed by atoms with E-state index in [1.165, 1.54) is 22.3 Å². The van der Waals surface area contributed by atoms with Crippen LogP contribution < -0.4 is 0 Å². The molecule has 0 aromatic heterocycles. The highest BCUT2D eigenvalue weighted by Gasteiger charge is 2.29. The molecule has 0 radical (unpaired) electrons. The molecule has 2 nitrogen and oxygen atoms in total. The van der Waals surface area contributed by atoms with Crippen LogP contribution in [0.25, 0.3) is 0 Å². The monoisotopic (exact) mass is 326 g/mol. The molecule has 0 saturated carbocycles. The minimum atomic E-state index is -0.0383. The zero-order valence-electron chi connectivity index (χ0n) is 16.4. The van der Waals surface area contributed by atoms with Crippen LogP contribution in [0.4, 0.5) is 0 Å². The highest BCUT2D eigenvalue weighted by atomic mass is 16.1. The summed E-state index contributed by atoms with van der Waals surface area (Å²) in [5.74, 6) is 0.752. The fourth-order valence-corrected chi connectivity index (χ4v) is 3.93. The van der Waals surface area contributed by atoms with E-state index < -0.39 is 0 Å². The molecule has 2 heteroatoms. The first-order valence-electron chi connectivity index (χ1n) is 8.92. The average molecular weight is 326 g/mol. The largest absolute Gasteiger partial charge is 0.294 e. The Bertz CT molecular complexity index is 738. The number of carbonyl (C=O) groups is 2. The maximum atomic E-state index is 12.7. The van der Waals surface area contributed by atoms with Gasteiger partial charge in [0.05, 0.1) is 0 Å². The quantitative estimate of drug-likeness (QED) is 0.685. The van der Waals surface area contributed by atoms with Gasteiger partial charge in [0.1, 0.15) is 0 Å². The summed E-state index contributed by atoms with van der Waals surface area (Å²) in [7, 11) is 0. The van der Waals surface area contributed by atoms with Crippen molar-refractivity contribution >= 4 is 11.6 Å². The summed E-state index contributed by atoms with van der Waals surface area (Å²) in [6, 6.07) is 0. The van der Waals surface area contributed by atoms with Crippen LogP contribution in [0.3, 0.4) is 0 Å². The van der Waals surface area contributed by atoms with Gasteiger partial charge in [0.2, 0.25) is 0 Å². The Balaban J connectivity index is 2.31. The number of rotatable bonds is 3. The SMILES string of the molecule is CC1=C(C)C(CCC2=C(C)C(C)C(C)=C(C)C2=O)=C(C)C(C)C1=O. The van der Waals surface area contributed by atoms with Crippen LogP contribution in [0.2, 0.25) is 0 Å². The second-order valence-corrected chi connectivity index (χ2v) is 7.52. The van der Waals surface area contributed by atoms with Crippen molar-refractivity contribution in [2.45, 2.75) is 68.2 Å². The molecule has 0 amide bonds. The molecule has 0 heterocycles. The van der Waals surface area contributed by atoms with Crippen LogP contribution in [-0.2, 0) is 9.59 Å². The van der Waals surface area contributed by atoms with Gasteiger partial charge in [-0.2, -0.15) is 0 Å². The van der Waals surface area contributed by atoms with Crippen molar-refractivity contribution in [1.82, 2.24) is 0 Å². The summed E-state index contributed by atoms with van der Waals surface area (Å²) in [6.07, 6.45) is 1.60. The number of Topliss-reactive ketones (excluding diaryl/α,β-unsaturated/α-hetero) is 2. The van der Waals surface area contributed by atoms with Crippen LogP contribution in [0.1, 0.15) is 68.2 Å². The second kappa shape index (κ2) is 6.66. The lowest BCUT2D eigenvalue weighted by Gasteiger charge is -2.28. The maximum absolute atomic E-state index is 12.7. The summed E-state index contributed by atoms with van der Waals surface area (Å²) in [6.45, 7) is 16.3. The van der Waals surface area contributed by atoms with Crippen molar-refractivity contribution in [3.8, 4) is 0 Å². The first-order valence-corrected chi connectivity index (χ1v) is 8.92. The Morgan fingerprint density at radius 1 is 0.625 bits per heavy atom. The van der Waals surface area contributed by atoms with E-state index in [2.05, 4.69) is 27.7 Å². The third-order valence-corrected chi connectivity index (χ3v) is 6.51. The van der Waals surface area contributed by atoms with Gasteiger partial charge in [-0.05, 0) is 88.2 Å². The summed E-state index contributed by atoms with van der Waals surface area (Å²) in [4.78, 5) is 25.0. The molecule has 2 unspecified atom stereocenters. The van der Waals surface area contributed by atoms with Gasteiger partial charge in [-0.15, -0.1) is 0 Å². The van der Waals surface area contributed by atoms with E-state index in [4.69, 9.17) is 0 Å². The van der Waals surface area contributed by atoms with Gasteiger partial charge in [-0.3, -0.25) is 9.59 Å². The second-order valence-electron chi connectivity index (χ2n) is 7.52. The summed E-state index contributed by atoms with van der Waals surface area (Å²) >= 11 is 0. The van der Waals surface area contributed by atoms with Crippen molar-refractivity contribution in [1.29, 1.82) is 0 Å². The molecule has 2 rings (SSSR count). The van der Waals surface area contributed by atoms with E-state index in [0.717, 1.165) is 35.1 Å². The van der Waals surface area contributed by atoms with Crippen molar-refractivity contribution < 1.29 is 9.59 Å². The van der Waals surface area contributed by atoms with E-state index >= 15 is 0 Å². The van der Waals surface area contributed by atoms with E-state index in [1.807, 2.05) is 27.7 Å². The van der Waals surface area contributed by atoms with Crippen molar-refractivity contribution in [3.05, 3.63) is 44.6 Å². The Morgan fingerprint density at radius 3 is 1.71 bits per heavy atom. The van der Waals surface area contributed by atoms with Crippen LogP contribution in [-0.4, -0.2) is 11.6 Å². The molecule has 0 spiro atoms. The molecule has 0 bridgehead atoms. The highest BCUT2D eigenvalue weighted by molar-refractivity contribution is 6.10. The van der Waals surface area contributed by atoms with Gasteiger partial charge >= 0.3 is 0 Å². The first kappa shape index (κ1) is 18.6. The fraction of sp³-hybridized carbons (Fsp3) is 0.545. The number of ketones is 2. The summed E-state index contributed by atoms with van der Waals surface area (Å²) < 4.78 is 0. The van der Waals surface area contributed by atoms with E-state index in [-0.39, 0.29) is 17.5 Å². The van der Waals surface area contributed by atoms with Gasteiger partial charge < -0.3 is 0 Å². The highest BCUT2D eigenvalue weighted by Crippen LogP contribution is 2.38. The zero-order chi connectivity index (χ0) is 18.3. The Kier molecular flexibility index (Phi) is 5.17. The molecule has 2 atom stereocenters. The van der Waals surface area contributed by atoms with E-state index in [9.17, 15) is 9.59 Å². The zero-order valence-corrected chi connectivity index (χ0v) is 16.4. The molecular formula is C22H30O2. The molecule has 130 valence electrons. The minimum absolute atomic E-state index is 0.0383. The van der Waals surface area contributed by atoms with Gasteiger partial charge in [-0.1, -0.05) is 30.6 Å². The fourth-order valence-electron chi connectivity index (χ4n) is 3.93. The normalized spacial score (nSPS) is 26.2. The van der Waals surface area contributed by atoms with Crippen molar-refractivity contribution in [2.75, 3.05) is 0 Å². The lowest BCUT2D eigenvalue weighted by molar-refractivity contribution is -0.118. The number of allylic oxidation sites excluding steroid dienone is 8. The van der Waals surface area contributed by atoms with E-state index in [0.29, 0.717) is 5.92 Å². The molecule has 0 saturated heterocycles. The van der Waals surface area contributed by atoms with Crippen LogP contribution in [0.15, 0.2) is 44.6 Å². The van der Waals surface area contributed by atoms with Crippen molar-refractivity contribution in [3.63, 3.8) is 0 Å². The Labute approximate surface area is 146 Å². The number of hydrogen-bond donors (Lipinski definition) is 0. The third kappa shape index (κ3) is 2.87. The molecule has 0 N–H and O–H groups in total. The van der Waals surface area contributed by atoms with Gasteiger partial charge in [-0.25, -0.2) is 0 Å². The molecule has 0 aliphatic heterocycles. The minimum Gasteiger partial charge on any atom is -0.294 e. The van der Waals surface area contributed by atoms with Crippen molar-refractivity contribution in [2.24, 2.45) is 11.8 Å². The molecule has 24 heavy (non-hydrogen) atoms. The Hall–Kier alpha value is -1.70. The van der Waals surface area contributed by atoms with Crippen LogP contribution >= 0.6 is 0 Å². The lowest BCUT2D eigenvalue weighted by atomic mass is 9.75. The molecule has 2 aliphatic rings. The maximum Gasteiger partial charge on any atom is 0.184 e. The standard InChI is InChI=1S/C22H30O2/c1-11-12(2)16(6)22(24)20(13(11)3)10-9-19-14(4)17(7)21(23)18(8)15(19)5/h11,17H,9-10H2,1-8H3. The first-order chi connectivity index (χ1) is 11.1. The molecule has 0 aromatic rings. The van der Waals surface area contributed by atoms with E-state index in [1.54, 1.807) is 0 Å². The van der Waals surface area contributed by atoms with Gasteiger partial charge in [0.25, 0.3) is 0 Å². The summed E-state index contributed by atoms with van der Waals surface area (Å²) in [5, 5.41) is 0. The average Bonchev–Trinajstić information content (AvgIpc) is 2.57. The number of hydrogen-bond acceptors (Lipinski definition) is 2. The summed E-state index contributed by atoms with van der Waals surface area (Å²) in [5.41, 5.74) is 8.70. The number of carbonyl (C=O) groups excluding carboxylic acids is 2. The topological polar surface area (TPSA) is 34.1 Å². The predicted octanol–water partition coefficient (Wildman–Crippen LogP) is 5.51. The van der Waals surface area contributed by atoms with Gasteiger partial charge in [0, 0.05) is 5.92 Å². The third-order valence-electron chi connectivity index (χ3n) is 6.51. The predicted molar refractivity (Wildman–Crippen MR) is 99.7 cm³/mol. The molecule has 2 aliphatic carbocycles. The van der Waals surface area contributed by atoms with Gasteiger partial charge in [0.15, 0.2) is 11.6 Å². The lowest BCUT2D eigenvalue weighted by Crippen LogP contribution is -2.22. The molecule has 0 aromatic carbocycles. The molecule has 0 fully saturated rings. The Morgan fingerprint density at radius 2 is 1.12 bits per heavy atom. The smallest absolute Gasteiger partial charge is 0.184 e. The molecular weight excluding hydrogens is 296 g/mol.